The molecule has 0 radical (unpaired) electrons. The molecule has 0 amide bonds. The first-order valence-electron chi connectivity index (χ1n) is 7.50. The molecule has 4 nitrogen and oxygen atoms in total. The maximum absolute atomic E-state index is 5.90. The summed E-state index contributed by atoms with van der Waals surface area (Å²) in [5.41, 5.74) is 9.91. The number of hydrogen-bond acceptors (Lipinski definition) is 3. The lowest BCUT2D eigenvalue weighted by molar-refractivity contribution is 0.307. The smallest absolute Gasteiger partial charge is 0.184 e. The van der Waals surface area contributed by atoms with Crippen molar-refractivity contribution in [3.63, 3.8) is 0 Å². The molecule has 0 aliphatic carbocycles. The van der Waals surface area contributed by atoms with Gasteiger partial charge in [-0.1, -0.05) is 42.5 Å². The number of benzene rings is 3. The molecule has 0 bridgehead atoms. The number of rotatable bonds is 5. The Morgan fingerprint density at radius 2 is 1.79 bits per heavy atom. The van der Waals surface area contributed by atoms with Crippen molar-refractivity contribution in [3.05, 3.63) is 77.9 Å². The highest BCUT2D eigenvalue weighted by Gasteiger charge is 2.01. The minimum Gasteiger partial charge on any atom is -0.489 e. The molecule has 3 N–H and O–H groups in total. The minimum absolute atomic E-state index is 0.140. The van der Waals surface area contributed by atoms with Crippen LogP contribution >= 0.6 is 12.2 Å². The van der Waals surface area contributed by atoms with Crippen LogP contribution in [0.1, 0.15) is 11.1 Å². The number of nitrogens with two attached hydrogens (primary N) is 1. The maximum Gasteiger partial charge on any atom is 0.184 e. The Balaban J connectivity index is 1.66. The van der Waals surface area contributed by atoms with E-state index < -0.39 is 0 Å². The molecule has 0 aliphatic rings. The van der Waals surface area contributed by atoms with Gasteiger partial charge in [0.1, 0.15) is 12.4 Å². The average Bonchev–Trinajstić information content (AvgIpc) is 2.61. The molecule has 0 saturated heterocycles. The number of fused-ring (bicyclic) bond motifs is 1. The Hall–Kier alpha value is -2.92. The predicted octanol–water partition coefficient (Wildman–Crippen LogP) is 3.59. The summed E-state index contributed by atoms with van der Waals surface area (Å²) in [6.45, 7) is 0.526. The Morgan fingerprint density at radius 1 is 1.04 bits per heavy atom. The van der Waals surface area contributed by atoms with E-state index in [-0.39, 0.29) is 5.11 Å². The van der Waals surface area contributed by atoms with Crippen LogP contribution in [0.4, 0.5) is 0 Å². The summed E-state index contributed by atoms with van der Waals surface area (Å²) in [7, 11) is 0. The highest BCUT2D eigenvalue weighted by atomic mass is 32.1. The molecule has 120 valence electrons. The molecule has 0 atom stereocenters. The quantitative estimate of drug-likeness (QED) is 0.425. The van der Waals surface area contributed by atoms with E-state index in [1.807, 2.05) is 36.4 Å². The molecular weight excluding hydrogens is 318 g/mol. The number of nitrogens with zero attached hydrogens (tertiary/aromatic N) is 1. The Labute approximate surface area is 145 Å². The van der Waals surface area contributed by atoms with Crippen molar-refractivity contribution in [2.45, 2.75) is 6.61 Å². The topological polar surface area (TPSA) is 59.6 Å². The zero-order valence-electron chi connectivity index (χ0n) is 13.0. The van der Waals surface area contributed by atoms with Crippen molar-refractivity contribution in [1.82, 2.24) is 5.43 Å². The molecule has 0 aromatic heterocycles. The van der Waals surface area contributed by atoms with Crippen LogP contribution in [0.5, 0.6) is 5.75 Å². The van der Waals surface area contributed by atoms with Gasteiger partial charge in [-0.3, -0.25) is 5.43 Å². The van der Waals surface area contributed by atoms with Crippen molar-refractivity contribution in [1.29, 1.82) is 0 Å². The first-order valence-corrected chi connectivity index (χ1v) is 7.91. The van der Waals surface area contributed by atoms with Gasteiger partial charge in [-0.05, 0) is 58.4 Å². The monoisotopic (exact) mass is 335 g/mol. The second-order valence-electron chi connectivity index (χ2n) is 5.23. The molecule has 0 heterocycles. The fourth-order valence-electron chi connectivity index (χ4n) is 2.40. The second-order valence-corrected chi connectivity index (χ2v) is 5.67. The highest BCUT2D eigenvalue weighted by molar-refractivity contribution is 7.80. The molecule has 5 heteroatoms. The van der Waals surface area contributed by atoms with Crippen molar-refractivity contribution in [2.75, 3.05) is 0 Å². The molecule has 24 heavy (non-hydrogen) atoms. The number of thiocarbonyl (C=S) groups is 1. The zero-order chi connectivity index (χ0) is 16.8. The SMILES string of the molecule is NC(=S)N/N=C\c1ccc(OCc2cccc3ccccc23)cc1. The second kappa shape index (κ2) is 7.57. The van der Waals surface area contributed by atoms with Gasteiger partial charge in [-0.2, -0.15) is 5.10 Å². The summed E-state index contributed by atoms with van der Waals surface area (Å²) in [5.74, 6) is 0.808. The van der Waals surface area contributed by atoms with Gasteiger partial charge in [0, 0.05) is 0 Å². The van der Waals surface area contributed by atoms with Gasteiger partial charge in [-0.15, -0.1) is 0 Å². The number of nitrogens with one attached hydrogen (secondary N) is 1. The molecule has 3 aromatic carbocycles. The molecular formula is C19H17N3OS. The molecule has 0 fully saturated rings. The van der Waals surface area contributed by atoms with E-state index in [0.717, 1.165) is 11.3 Å². The van der Waals surface area contributed by atoms with E-state index in [1.54, 1.807) is 6.21 Å². The molecule has 0 spiro atoms. The Morgan fingerprint density at radius 3 is 2.58 bits per heavy atom. The van der Waals surface area contributed by atoms with Crippen LogP contribution in [0.25, 0.3) is 10.8 Å². The van der Waals surface area contributed by atoms with E-state index in [9.17, 15) is 0 Å². The van der Waals surface area contributed by atoms with E-state index in [2.05, 4.69) is 53.1 Å². The summed E-state index contributed by atoms with van der Waals surface area (Å²) in [6.07, 6.45) is 1.65. The fourth-order valence-corrected chi connectivity index (χ4v) is 2.45. The van der Waals surface area contributed by atoms with Crippen LogP contribution in [0.2, 0.25) is 0 Å². The van der Waals surface area contributed by atoms with E-state index in [0.29, 0.717) is 6.61 Å². The molecule has 0 unspecified atom stereocenters. The van der Waals surface area contributed by atoms with Crippen molar-refractivity contribution < 1.29 is 4.74 Å². The third-order valence-corrected chi connectivity index (χ3v) is 3.63. The van der Waals surface area contributed by atoms with Crippen molar-refractivity contribution in [2.24, 2.45) is 10.8 Å². The van der Waals surface area contributed by atoms with Crippen molar-refractivity contribution >= 4 is 34.3 Å². The largest absolute Gasteiger partial charge is 0.489 e. The average molecular weight is 335 g/mol. The summed E-state index contributed by atoms with van der Waals surface area (Å²) in [6, 6.07) is 22.2. The van der Waals surface area contributed by atoms with E-state index >= 15 is 0 Å². The standard InChI is InChI=1S/C19H17N3OS/c20-19(24)22-21-12-14-8-10-17(11-9-14)23-13-16-6-3-5-15-4-1-2-7-18(15)16/h1-12H,13H2,(H3,20,22,24)/b21-12-. The van der Waals surface area contributed by atoms with Crippen LogP contribution in [0.15, 0.2) is 71.8 Å². The highest BCUT2D eigenvalue weighted by Crippen LogP contribution is 2.20. The zero-order valence-corrected chi connectivity index (χ0v) is 13.8. The lowest BCUT2D eigenvalue weighted by Crippen LogP contribution is -2.23. The molecule has 3 aromatic rings. The summed E-state index contributed by atoms with van der Waals surface area (Å²) < 4.78 is 5.90. The summed E-state index contributed by atoms with van der Waals surface area (Å²) in [5, 5.41) is 6.49. The van der Waals surface area contributed by atoms with Gasteiger partial charge < -0.3 is 10.5 Å². The summed E-state index contributed by atoms with van der Waals surface area (Å²) >= 11 is 4.68. The van der Waals surface area contributed by atoms with Gasteiger partial charge in [0.25, 0.3) is 0 Å². The Kier molecular flexibility index (Phi) is 5.03. The van der Waals surface area contributed by atoms with Crippen LogP contribution < -0.4 is 15.9 Å². The van der Waals surface area contributed by atoms with Crippen LogP contribution in [-0.4, -0.2) is 11.3 Å². The lowest BCUT2D eigenvalue weighted by atomic mass is 10.1. The predicted molar refractivity (Wildman–Crippen MR) is 102 cm³/mol. The third-order valence-electron chi connectivity index (χ3n) is 3.54. The molecule has 3 rings (SSSR count). The van der Waals surface area contributed by atoms with Gasteiger partial charge in [-0.25, -0.2) is 0 Å². The van der Waals surface area contributed by atoms with Crippen molar-refractivity contribution in [3.8, 4) is 5.75 Å². The lowest BCUT2D eigenvalue weighted by Gasteiger charge is -2.09. The molecule has 0 saturated carbocycles. The van der Waals surface area contributed by atoms with Gasteiger partial charge in [0.15, 0.2) is 5.11 Å². The number of hydrazone groups is 1. The minimum atomic E-state index is 0.140. The van der Waals surface area contributed by atoms with Gasteiger partial charge >= 0.3 is 0 Å². The van der Waals surface area contributed by atoms with Crippen LogP contribution in [0.3, 0.4) is 0 Å². The fraction of sp³-hybridized carbons (Fsp3) is 0.0526. The van der Waals surface area contributed by atoms with Crippen LogP contribution in [0, 0.1) is 0 Å². The van der Waals surface area contributed by atoms with Crippen LogP contribution in [-0.2, 0) is 6.61 Å². The third kappa shape index (κ3) is 4.08. The van der Waals surface area contributed by atoms with Gasteiger partial charge in [0.05, 0.1) is 6.21 Å². The number of ether oxygens (including phenoxy) is 1. The Bertz CT molecular complexity index is 870. The van der Waals surface area contributed by atoms with E-state index in [1.165, 1.54) is 16.3 Å². The first-order chi connectivity index (χ1) is 11.7. The summed E-state index contributed by atoms with van der Waals surface area (Å²) in [4.78, 5) is 0. The normalized spacial score (nSPS) is 10.8. The number of hydrogen-bond donors (Lipinski definition) is 2. The van der Waals surface area contributed by atoms with Gasteiger partial charge in [0.2, 0.25) is 0 Å². The first kappa shape index (κ1) is 16.0. The maximum atomic E-state index is 5.90. The van der Waals surface area contributed by atoms with E-state index in [4.69, 9.17) is 10.5 Å². The molecule has 0 aliphatic heterocycles.